The van der Waals surface area contributed by atoms with Gasteiger partial charge in [0.2, 0.25) is 0 Å². The summed E-state index contributed by atoms with van der Waals surface area (Å²) in [5.41, 5.74) is 2.04. The Morgan fingerprint density at radius 2 is 2.27 bits per heavy atom. The SMILES string of the molecule is Cc1cnc(CCl)cc1Br.Cl. The highest BCUT2D eigenvalue weighted by atomic mass is 79.9. The van der Waals surface area contributed by atoms with E-state index in [-0.39, 0.29) is 12.4 Å². The second-order valence-electron chi connectivity index (χ2n) is 2.06. The van der Waals surface area contributed by atoms with Crippen LogP contribution in [0.5, 0.6) is 0 Å². The summed E-state index contributed by atoms with van der Waals surface area (Å²) in [7, 11) is 0. The first-order valence-electron chi connectivity index (χ1n) is 2.91. The fourth-order valence-corrected chi connectivity index (χ4v) is 1.12. The third-order valence-electron chi connectivity index (χ3n) is 1.23. The van der Waals surface area contributed by atoms with E-state index in [1.165, 1.54) is 0 Å². The molecule has 1 heterocycles. The van der Waals surface area contributed by atoms with E-state index in [0.717, 1.165) is 15.7 Å². The number of aryl methyl sites for hydroxylation is 1. The van der Waals surface area contributed by atoms with Gasteiger partial charge >= 0.3 is 0 Å². The van der Waals surface area contributed by atoms with Crippen molar-refractivity contribution < 1.29 is 0 Å². The molecule has 0 atom stereocenters. The van der Waals surface area contributed by atoms with Gasteiger partial charge in [-0.3, -0.25) is 4.98 Å². The van der Waals surface area contributed by atoms with E-state index in [1.54, 1.807) is 0 Å². The minimum atomic E-state index is 0. The lowest BCUT2D eigenvalue weighted by Crippen LogP contribution is -1.86. The lowest BCUT2D eigenvalue weighted by atomic mass is 10.3. The maximum atomic E-state index is 5.57. The summed E-state index contributed by atoms with van der Waals surface area (Å²) in [4.78, 5) is 4.10. The van der Waals surface area contributed by atoms with Crippen molar-refractivity contribution in [2.24, 2.45) is 0 Å². The van der Waals surface area contributed by atoms with Gasteiger partial charge in [0.25, 0.3) is 0 Å². The normalized spacial score (nSPS) is 9.00. The van der Waals surface area contributed by atoms with E-state index in [1.807, 2.05) is 19.2 Å². The van der Waals surface area contributed by atoms with Crippen molar-refractivity contribution in [3.8, 4) is 0 Å². The minimum absolute atomic E-state index is 0. The van der Waals surface area contributed by atoms with Crippen molar-refractivity contribution in [3.05, 3.63) is 28.0 Å². The van der Waals surface area contributed by atoms with Gasteiger partial charge in [-0.1, -0.05) is 15.9 Å². The molecule has 1 nitrogen and oxygen atoms in total. The summed E-state index contributed by atoms with van der Waals surface area (Å²) in [6.07, 6.45) is 1.81. The first kappa shape index (κ1) is 11.2. The van der Waals surface area contributed by atoms with Gasteiger partial charge in [-0.2, -0.15) is 0 Å². The molecule has 0 N–H and O–H groups in total. The van der Waals surface area contributed by atoms with Crippen LogP contribution in [0.3, 0.4) is 0 Å². The molecule has 1 aromatic rings. The summed E-state index contributed by atoms with van der Waals surface area (Å²) in [6, 6.07) is 1.93. The quantitative estimate of drug-likeness (QED) is 0.703. The van der Waals surface area contributed by atoms with Gasteiger partial charge < -0.3 is 0 Å². The number of pyridine rings is 1. The molecule has 0 spiro atoms. The minimum Gasteiger partial charge on any atom is -0.260 e. The van der Waals surface area contributed by atoms with Gasteiger partial charge in [0.15, 0.2) is 0 Å². The molecule has 0 aliphatic rings. The average Bonchev–Trinajstić information content (AvgIpc) is 1.95. The standard InChI is InChI=1S/C7H7BrClN.ClH/c1-5-4-10-6(3-9)2-7(5)8;/h2,4H,3H2,1H3;1H. The van der Waals surface area contributed by atoms with Crippen molar-refractivity contribution in [3.63, 3.8) is 0 Å². The number of hydrogen-bond acceptors (Lipinski definition) is 1. The molecule has 0 bridgehead atoms. The van der Waals surface area contributed by atoms with E-state index >= 15 is 0 Å². The Kier molecular flexibility index (Phi) is 5.06. The van der Waals surface area contributed by atoms with Crippen LogP contribution >= 0.6 is 39.9 Å². The van der Waals surface area contributed by atoms with Crippen molar-refractivity contribution in [1.29, 1.82) is 0 Å². The van der Waals surface area contributed by atoms with Gasteiger partial charge in [0.1, 0.15) is 0 Å². The lowest BCUT2D eigenvalue weighted by Gasteiger charge is -1.97. The molecule has 1 rings (SSSR count). The number of alkyl halides is 1. The number of aromatic nitrogens is 1. The summed E-state index contributed by atoms with van der Waals surface area (Å²) in [5.74, 6) is 0.471. The van der Waals surface area contributed by atoms with E-state index in [4.69, 9.17) is 11.6 Å². The number of rotatable bonds is 1. The zero-order valence-corrected chi connectivity index (χ0v) is 9.13. The van der Waals surface area contributed by atoms with E-state index in [2.05, 4.69) is 20.9 Å². The number of hydrogen-bond donors (Lipinski definition) is 0. The molecule has 0 saturated carbocycles. The van der Waals surface area contributed by atoms with Crippen molar-refractivity contribution in [2.45, 2.75) is 12.8 Å². The fraction of sp³-hybridized carbons (Fsp3) is 0.286. The molecule has 0 amide bonds. The molecule has 0 aliphatic carbocycles. The van der Waals surface area contributed by atoms with Crippen LogP contribution in [-0.2, 0) is 5.88 Å². The Morgan fingerprint density at radius 3 is 2.73 bits per heavy atom. The zero-order valence-electron chi connectivity index (χ0n) is 5.97. The molecule has 4 heteroatoms. The second-order valence-corrected chi connectivity index (χ2v) is 3.18. The molecular formula is C7H8BrCl2N. The number of halogens is 3. The van der Waals surface area contributed by atoms with Crippen LogP contribution in [0.15, 0.2) is 16.7 Å². The molecule has 0 aliphatic heterocycles. The molecule has 0 radical (unpaired) electrons. The Balaban J connectivity index is 0.000001000. The molecule has 0 fully saturated rings. The Labute approximate surface area is 85.7 Å². The predicted octanol–water partition coefficient (Wildman–Crippen LogP) is 3.31. The van der Waals surface area contributed by atoms with Crippen LogP contribution in [0.4, 0.5) is 0 Å². The maximum Gasteiger partial charge on any atom is 0.0647 e. The van der Waals surface area contributed by atoms with Crippen LogP contribution in [0.25, 0.3) is 0 Å². The molecule has 0 unspecified atom stereocenters. The van der Waals surface area contributed by atoms with Crippen molar-refractivity contribution >= 4 is 39.9 Å². The first-order chi connectivity index (χ1) is 4.74. The van der Waals surface area contributed by atoms with Crippen LogP contribution in [-0.4, -0.2) is 4.98 Å². The van der Waals surface area contributed by atoms with Crippen LogP contribution in [0, 0.1) is 6.92 Å². The highest BCUT2D eigenvalue weighted by molar-refractivity contribution is 9.10. The highest BCUT2D eigenvalue weighted by Crippen LogP contribution is 2.15. The Morgan fingerprint density at radius 1 is 1.64 bits per heavy atom. The molecule has 62 valence electrons. The van der Waals surface area contributed by atoms with Crippen molar-refractivity contribution in [2.75, 3.05) is 0 Å². The molecule has 0 saturated heterocycles. The fourth-order valence-electron chi connectivity index (χ4n) is 0.612. The summed E-state index contributed by atoms with van der Waals surface area (Å²) in [5, 5.41) is 0. The van der Waals surface area contributed by atoms with E-state index in [0.29, 0.717) is 5.88 Å². The molecule has 0 aromatic carbocycles. The first-order valence-corrected chi connectivity index (χ1v) is 4.24. The zero-order chi connectivity index (χ0) is 7.56. The maximum absolute atomic E-state index is 5.57. The molecule has 1 aromatic heterocycles. The van der Waals surface area contributed by atoms with E-state index in [9.17, 15) is 0 Å². The van der Waals surface area contributed by atoms with Crippen LogP contribution in [0.2, 0.25) is 0 Å². The van der Waals surface area contributed by atoms with Gasteiger partial charge in [-0.15, -0.1) is 24.0 Å². The van der Waals surface area contributed by atoms with Gasteiger partial charge in [0, 0.05) is 10.7 Å². The van der Waals surface area contributed by atoms with Gasteiger partial charge in [0.05, 0.1) is 11.6 Å². The topological polar surface area (TPSA) is 12.9 Å². The Hall–Kier alpha value is 0.210. The van der Waals surface area contributed by atoms with Crippen LogP contribution < -0.4 is 0 Å². The van der Waals surface area contributed by atoms with Crippen LogP contribution in [0.1, 0.15) is 11.3 Å². The van der Waals surface area contributed by atoms with Crippen molar-refractivity contribution in [1.82, 2.24) is 4.98 Å². The largest absolute Gasteiger partial charge is 0.260 e. The highest BCUT2D eigenvalue weighted by Gasteiger charge is 1.95. The monoisotopic (exact) mass is 255 g/mol. The van der Waals surface area contributed by atoms with E-state index < -0.39 is 0 Å². The van der Waals surface area contributed by atoms with Gasteiger partial charge in [-0.25, -0.2) is 0 Å². The second kappa shape index (κ2) is 4.96. The molecular weight excluding hydrogens is 249 g/mol. The summed E-state index contributed by atoms with van der Waals surface area (Å²) < 4.78 is 1.07. The van der Waals surface area contributed by atoms with Gasteiger partial charge in [-0.05, 0) is 18.6 Å². The summed E-state index contributed by atoms with van der Waals surface area (Å²) >= 11 is 8.96. The summed E-state index contributed by atoms with van der Waals surface area (Å²) in [6.45, 7) is 2.00. The third kappa shape index (κ3) is 2.97. The lowest BCUT2D eigenvalue weighted by molar-refractivity contribution is 1.13. The molecule has 11 heavy (non-hydrogen) atoms. The smallest absolute Gasteiger partial charge is 0.0647 e. The Bertz CT molecular complexity index is 240. The average molecular weight is 257 g/mol. The number of nitrogens with zero attached hydrogens (tertiary/aromatic N) is 1. The third-order valence-corrected chi connectivity index (χ3v) is 2.36. The predicted molar refractivity (Wildman–Crippen MR) is 53.5 cm³/mol.